The molecule has 1 rings (SSSR count). The van der Waals surface area contributed by atoms with Gasteiger partial charge in [-0.3, -0.25) is 4.79 Å². The molecule has 104 valence electrons. The minimum Gasteiger partial charge on any atom is -0.454 e. The monoisotopic (exact) mass is 296 g/mol. The van der Waals surface area contributed by atoms with E-state index < -0.39 is 29.7 Å². The maximum Gasteiger partial charge on any atom is 0.343 e. The number of nitriles is 1. The summed E-state index contributed by atoms with van der Waals surface area (Å²) in [6.45, 7) is 0.646. The van der Waals surface area contributed by atoms with Crippen molar-refractivity contribution < 1.29 is 18.7 Å². The second-order valence-corrected chi connectivity index (χ2v) is 4.17. The summed E-state index contributed by atoms with van der Waals surface area (Å²) in [7, 11) is 0. The van der Waals surface area contributed by atoms with Crippen molar-refractivity contribution in [1.82, 2.24) is 0 Å². The topological polar surface area (TPSA) is 93.2 Å². The molecule has 0 amide bonds. The van der Waals surface area contributed by atoms with Crippen molar-refractivity contribution in [2.75, 3.05) is 6.61 Å². The van der Waals surface area contributed by atoms with Crippen LogP contribution in [0, 0.1) is 17.1 Å². The molecule has 0 spiro atoms. The Morgan fingerprint density at radius 2 is 2.15 bits per heavy atom. The van der Waals surface area contributed by atoms with Crippen LogP contribution in [0.15, 0.2) is 29.5 Å². The summed E-state index contributed by atoms with van der Waals surface area (Å²) in [6.07, 6.45) is 0. The van der Waals surface area contributed by atoms with Crippen molar-refractivity contribution in [2.24, 2.45) is 5.73 Å². The molecule has 7 heteroatoms. The van der Waals surface area contributed by atoms with E-state index in [4.69, 9.17) is 22.6 Å². The standard InChI is InChI=1S/C13H10ClFN2O3/c1-7(17)8(5-16)11(18)6-20-13(19)12-9(14)3-2-4-10(12)15/h2-4H,6,17H2,1H3/b8-7+. The van der Waals surface area contributed by atoms with Gasteiger partial charge in [-0.2, -0.15) is 5.26 Å². The van der Waals surface area contributed by atoms with Crippen molar-refractivity contribution >= 4 is 23.4 Å². The summed E-state index contributed by atoms with van der Waals surface area (Å²) in [4.78, 5) is 23.2. The Hall–Kier alpha value is -2.39. The summed E-state index contributed by atoms with van der Waals surface area (Å²) in [5.74, 6) is -2.72. The summed E-state index contributed by atoms with van der Waals surface area (Å²) < 4.78 is 18.1. The SMILES string of the molecule is C/C(N)=C(/C#N)C(=O)COC(=O)c1c(F)cccc1Cl. The molecule has 1 aromatic carbocycles. The molecule has 0 aliphatic heterocycles. The van der Waals surface area contributed by atoms with Crippen LogP contribution in [0.5, 0.6) is 0 Å². The number of carbonyl (C=O) groups excluding carboxylic acids is 2. The molecule has 1 aromatic rings. The van der Waals surface area contributed by atoms with Crippen LogP contribution in [0.2, 0.25) is 5.02 Å². The van der Waals surface area contributed by atoms with Crippen LogP contribution in [0.25, 0.3) is 0 Å². The van der Waals surface area contributed by atoms with Crippen LogP contribution < -0.4 is 5.73 Å². The predicted octanol–water partition coefficient (Wildman–Crippen LogP) is 1.96. The van der Waals surface area contributed by atoms with E-state index in [1.54, 1.807) is 6.07 Å². The van der Waals surface area contributed by atoms with E-state index >= 15 is 0 Å². The van der Waals surface area contributed by atoms with E-state index in [1.807, 2.05) is 0 Å². The lowest BCUT2D eigenvalue weighted by atomic mass is 10.1. The number of hydrogen-bond acceptors (Lipinski definition) is 5. The number of rotatable bonds is 4. The van der Waals surface area contributed by atoms with Crippen LogP contribution in [0.1, 0.15) is 17.3 Å². The molecule has 0 fully saturated rings. The van der Waals surface area contributed by atoms with Gasteiger partial charge in [0, 0.05) is 5.70 Å². The molecular weight excluding hydrogens is 287 g/mol. The molecule has 0 aliphatic carbocycles. The van der Waals surface area contributed by atoms with E-state index in [2.05, 4.69) is 4.74 Å². The average Bonchev–Trinajstić information content (AvgIpc) is 2.36. The van der Waals surface area contributed by atoms with E-state index in [1.165, 1.54) is 19.1 Å². The fourth-order valence-corrected chi connectivity index (χ4v) is 1.58. The first-order chi connectivity index (χ1) is 9.38. The number of nitrogens with two attached hydrogens (primary N) is 1. The second-order valence-electron chi connectivity index (χ2n) is 3.77. The molecule has 20 heavy (non-hydrogen) atoms. The number of nitrogens with zero attached hydrogens (tertiary/aromatic N) is 1. The molecule has 2 N–H and O–H groups in total. The molecule has 0 heterocycles. The largest absolute Gasteiger partial charge is 0.454 e. The Morgan fingerprint density at radius 3 is 2.65 bits per heavy atom. The Labute approximate surface area is 119 Å². The number of Topliss-reactive ketones (excluding diaryl/α,β-unsaturated/α-hetero) is 1. The lowest BCUT2D eigenvalue weighted by Crippen LogP contribution is -2.18. The first-order valence-corrected chi connectivity index (χ1v) is 5.77. The zero-order chi connectivity index (χ0) is 15.3. The van der Waals surface area contributed by atoms with Crippen LogP contribution in [-0.2, 0) is 9.53 Å². The Balaban J connectivity index is 2.82. The fourth-order valence-electron chi connectivity index (χ4n) is 1.34. The molecule has 0 unspecified atom stereocenters. The van der Waals surface area contributed by atoms with Gasteiger partial charge in [-0.05, 0) is 19.1 Å². The molecule has 0 saturated carbocycles. The van der Waals surface area contributed by atoms with Gasteiger partial charge in [0.2, 0.25) is 5.78 Å². The number of ketones is 1. The quantitative estimate of drug-likeness (QED) is 0.521. The molecule has 0 saturated heterocycles. The van der Waals surface area contributed by atoms with Gasteiger partial charge >= 0.3 is 5.97 Å². The summed E-state index contributed by atoms with van der Waals surface area (Å²) in [5.41, 5.74) is 4.57. The van der Waals surface area contributed by atoms with Gasteiger partial charge < -0.3 is 10.5 Å². The first kappa shape index (κ1) is 15.7. The zero-order valence-corrected chi connectivity index (χ0v) is 11.2. The minimum atomic E-state index is -1.09. The molecule has 0 aliphatic rings. The Morgan fingerprint density at radius 1 is 1.50 bits per heavy atom. The van der Waals surface area contributed by atoms with Crippen molar-refractivity contribution in [2.45, 2.75) is 6.92 Å². The Kier molecular flexibility index (Phi) is 5.23. The highest BCUT2D eigenvalue weighted by Crippen LogP contribution is 2.19. The number of benzene rings is 1. The van der Waals surface area contributed by atoms with Gasteiger partial charge in [-0.25, -0.2) is 9.18 Å². The van der Waals surface area contributed by atoms with E-state index in [9.17, 15) is 14.0 Å². The van der Waals surface area contributed by atoms with E-state index in [-0.39, 0.29) is 16.3 Å². The highest BCUT2D eigenvalue weighted by molar-refractivity contribution is 6.33. The normalized spacial score (nSPS) is 11.3. The zero-order valence-electron chi connectivity index (χ0n) is 10.4. The summed E-state index contributed by atoms with van der Waals surface area (Å²) >= 11 is 5.67. The van der Waals surface area contributed by atoms with Gasteiger partial charge in [0.15, 0.2) is 6.61 Å². The first-order valence-electron chi connectivity index (χ1n) is 5.39. The maximum absolute atomic E-state index is 13.4. The molecule has 0 radical (unpaired) electrons. The van der Waals surface area contributed by atoms with Crippen molar-refractivity contribution in [1.29, 1.82) is 5.26 Å². The fraction of sp³-hybridized carbons (Fsp3) is 0.154. The van der Waals surface area contributed by atoms with Gasteiger partial charge in [0.05, 0.1) is 5.02 Å². The Bertz CT molecular complexity index is 611. The van der Waals surface area contributed by atoms with Crippen molar-refractivity contribution in [3.05, 3.63) is 45.9 Å². The third-order valence-electron chi connectivity index (χ3n) is 2.29. The van der Waals surface area contributed by atoms with Crippen molar-refractivity contribution in [3.63, 3.8) is 0 Å². The van der Waals surface area contributed by atoms with Crippen LogP contribution in [-0.4, -0.2) is 18.4 Å². The van der Waals surface area contributed by atoms with E-state index in [0.29, 0.717) is 0 Å². The number of carbonyl (C=O) groups is 2. The van der Waals surface area contributed by atoms with Crippen LogP contribution in [0.4, 0.5) is 4.39 Å². The average molecular weight is 297 g/mol. The molecule has 0 bridgehead atoms. The van der Waals surface area contributed by atoms with Crippen LogP contribution >= 0.6 is 11.6 Å². The van der Waals surface area contributed by atoms with Gasteiger partial charge in [0.25, 0.3) is 0 Å². The lowest BCUT2D eigenvalue weighted by Gasteiger charge is -2.06. The number of ether oxygens (including phenoxy) is 1. The van der Waals surface area contributed by atoms with Gasteiger partial charge in [-0.1, -0.05) is 17.7 Å². The number of esters is 1. The minimum absolute atomic E-state index is 0.0115. The second kappa shape index (κ2) is 6.68. The van der Waals surface area contributed by atoms with Crippen LogP contribution in [0.3, 0.4) is 0 Å². The number of halogens is 2. The third-order valence-corrected chi connectivity index (χ3v) is 2.60. The predicted molar refractivity (Wildman–Crippen MR) is 69.2 cm³/mol. The molecule has 0 aromatic heterocycles. The summed E-state index contributed by atoms with van der Waals surface area (Å²) in [6, 6.07) is 5.28. The third kappa shape index (κ3) is 3.56. The van der Waals surface area contributed by atoms with Gasteiger partial charge in [-0.15, -0.1) is 0 Å². The van der Waals surface area contributed by atoms with Crippen molar-refractivity contribution in [3.8, 4) is 6.07 Å². The smallest absolute Gasteiger partial charge is 0.343 e. The van der Waals surface area contributed by atoms with Gasteiger partial charge in [0.1, 0.15) is 23.0 Å². The highest BCUT2D eigenvalue weighted by Gasteiger charge is 2.20. The summed E-state index contributed by atoms with van der Waals surface area (Å²) in [5, 5.41) is 8.58. The molecule has 0 atom stereocenters. The number of allylic oxidation sites excluding steroid dienone is 1. The number of hydrogen-bond donors (Lipinski definition) is 1. The maximum atomic E-state index is 13.4. The molecule has 5 nitrogen and oxygen atoms in total. The molecular formula is C13H10ClFN2O3. The highest BCUT2D eigenvalue weighted by atomic mass is 35.5. The lowest BCUT2D eigenvalue weighted by molar-refractivity contribution is -0.118. The van der Waals surface area contributed by atoms with E-state index in [0.717, 1.165) is 6.07 Å².